The molecule has 0 aliphatic carbocycles. The van der Waals surface area contributed by atoms with Gasteiger partial charge < -0.3 is 4.90 Å². The molecule has 0 amide bonds. The minimum Gasteiger partial charge on any atom is -0.353 e. The number of nitrogens with zero attached hydrogens (tertiary/aromatic N) is 5. The van der Waals surface area contributed by atoms with Crippen LogP contribution in [-0.2, 0) is 6.54 Å². The van der Waals surface area contributed by atoms with Crippen LogP contribution < -0.4 is 4.90 Å². The summed E-state index contributed by atoms with van der Waals surface area (Å²) in [4.78, 5) is 17.5. The lowest BCUT2D eigenvalue weighted by molar-refractivity contribution is 0.196. The maximum atomic E-state index is 4.43. The fourth-order valence-corrected chi connectivity index (χ4v) is 2.66. The van der Waals surface area contributed by atoms with Gasteiger partial charge in [-0.1, -0.05) is 6.07 Å². The van der Waals surface area contributed by atoms with E-state index in [1.807, 2.05) is 25.4 Å². The quantitative estimate of drug-likeness (QED) is 0.856. The summed E-state index contributed by atoms with van der Waals surface area (Å²) in [5.74, 6) is 1.08. The lowest BCUT2D eigenvalue weighted by Crippen LogP contribution is -2.58. The molecule has 0 unspecified atom stereocenters. The number of anilines is 1. The highest BCUT2D eigenvalue weighted by Crippen LogP contribution is 2.25. The zero-order valence-electron chi connectivity index (χ0n) is 12.8. The summed E-state index contributed by atoms with van der Waals surface area (Å²) >= 11 is 0. The largest absolute Gasteiger partial charge is 0.353 e. The third-order valence-corrected chi connectivity index (χ3v) is 4.25. The van der Waals surface area contributed by atoms with Crippen molar-refractivity contribution in [2.75, 3.05) is 25.0 Å². The second-order valence-electron chi connectivity index (χ2n) is 5.74. The summed E-state index contributed by atoms with van der Waals surface area (Å²) in [6.45, 7) is 7.11. The Labute approximate surface area is 125 Å². The van der Waals surface area contributed by atoms with E-state index in [0.29, 0.717) is 6.04 Å². The minimum atomic E-state index is 0.569. The van der Waals surface area contributed by atoms with E-state index in [1.165, 1.54) is 11.1 Å². The number of aryl methyl sites for hydroxylation is 1. The van der Waals surface area contributed by atoms with Gasteiger partial charge in [-0.25, -0.2) is 9.97 Å². The average Bonchev–Trinajstić information content (AvgIpc) is 2.43. The first-order valence-corrected chi connectivity index (χ1v) is 7.27. The molecule has 0 spiro atoms. The Morgan fingerprint density at radius 3 is 2.81 bits per heavy atom. The third-order valence-electron chi connectivity index (χ3n) is 4.25. The number of rotatable bonds is 4. The predicted molar refractivity (Wildman–Crippen MR) is 83.2 cm³/mol. The summed E-state index contributed by atoms with van der Waals surface area (Å²) in [5.41, 5.74) is 3.51. The molecule has 5 heteroatoms. The highest BCUT2D eigenvalue weighted by Gasteiger charge is 2.31. The molecular weight excluding hydrogens is 262 g/mol. The molecule has 1 aliphatic heterocycles. The van der Waals surface area contributed by atoms with Gasteiger partial charge in [0, 0.05) is 49.3 Å². The van der Waals surface area contributed by atoms with Crippen molar-refractivity contribution in [1.29, 1.82) is 0 Å². The molecule has 1 aliphatic rings. The van der Waals surface area contributed by atoms with E-state index in [0.717, 1.165) is 31.1 Å². The van der Waals surface area contributed by atoms with Gasteiger partial charge >= 0.3 is 0 Å². The third kappa shape index (κ3) is 2.88. The Bertz CT molecular complexity index is 607. The van der Waals surface area contributed by atoms with E-state index < -0.39 is 0 Å². The Kier molecular flexibility index (Phi) is 3.84. The van der Waals surface area contributed by atoms with Crippen LogP contribution in [0.15, 0.2) is 30.9 Å². The van der Waals surface area contributed by atoms with Gasteiger partial charge in [-0.2, -0.15) is 0 Å². The van der Waals surface area contributed by atoms with Crippen molar-refractivity contribution in [3.05, 3.63) is 47.7 Å². The fraction of sp³-hybridized carbons (Fsp3) is 0.438. The second-order valence-corrected chi connectivity index (χ2v) is 5.74. The van der Waals surface area contributed by atoms with Crippen molar-refractivity contribution in [1.82, 2.24) is 19.9 Å². The summed E-state index contributed by atoms with van der Waals surface area (Å²) in [6.07, 6.45) is 5.41. The number of aromatic nitrogens is 3. The van der Waals surface area contributed by atoms with Gasteiger partial charge in [-0.05, 0) is 32.5 Å². The molecule has 21 heavy (non-hydrogen) atoms. The number of hydrogen-bond acceptors (Lipinski definition) is 5. The number of likely N-dealkylation sites (N-methyl/N-ethyl adjacent to an activating group) is 1. The average molecular weight is 283 g/mol. The molecule has 2 aromatic heterocycles. The van der Waals surface area contributed by atoms with Crippen molar-refractivity contribution >= 4 is 5.82 Å². The summed E-state index contributed by atoms with van der Waals surface area (Å²) < 4.78 is 0. The van der Waals surface area contributed by atoms with Crippen molar-refractivity contribution in [2.45, 2.75) is 26.4 Å². The Morgan fingerprint density at radius 1 is 1.29 bits per heavy atom. The lowest BCUT2D eigenvalue weighted by atomic mass is 10.1. The van der Waals surface area contributed by atoms with Crippen molar-refractivity contribution < 1.29 is 0 Å². The minimum absolute atomic E-state index is 0.569. The maximum absolute atomic E-state index is 4.43. The number of hydrogen-bond donors (Lipinski definition) is 0. The predicted octanol–water partition coefficient (Wildman–Crippen LogP) is 1.81. The molecule has 0 N–H and O–H groups in total. The summed E-state index contributed by atoms with van der Waals surface area (Å²) in [7, 11) is 2.17. The molecule has 0 bridgehead atoms. The molecule has 5 nitrogen and oxygen atoms in total. The monoisotopic (exact) mass is 283 g/mol. The smallest absolute Gasteiger partial charge is 0.135 e. The number of pyridine rings is 1. The molecule has 3 heterocycles. The van der Waals surface area contributed by atoms with Crippen LogP contribution in [0, 0.1) is 13.8 Å². The van der Waals surface area contributed by atoms with Crippen LogP contribution in [0.5, 0.6) is 0 Å². The van der Waals surface area contributed by atoms with E-state index in [-0.39, 0.29) is 0 Å². The van der Waals surface area contributed by atoms with Crippen molar-refractivity contribution in [3.8, 4) is 0 Å². The lowest BCUT2D eigenvalue weighted by Gasteiger charge is -2.45. The van der Waals surface area contributed by atoms with Gasteiger partial charge in [-0.15, -0.1) is 0 Å². The molecule has 1 fully saturated rings. The zero-order chi connectivity index (χ0) is 14.8. The molecular formula is C16H21N5. The Balaban J connectivity index is 1.59. The van der Waals surface area contributed by atoms with Crippen LogP contribution in [-0.4, -0.2) is 46.0 Å². The van der Waals surface area contributed by atoms with E-state index in [2.05, 4.69) is 44.8 Å². The maximum Gasteiger partial charge on any atom is 0.135 e. The van der Waals surface area contributed by atoms with Crippen molar-refractivity contribution in [3.63, 3.8) is 0 Å². The first-order chi connectivity index (χ1) is 10.1. The molecule has 0 saturated carbocycles. The van der Waals surface area contributed by atoms with Gasteiger partial charge in [0.05, 0.1) is 0 Å². The van der Waals surface area contributed by atoms with E-state index in [1.54, 1.807) is 6.33 Å². The molecule has 0 radical (unpaired) electrons. The van der Waals surface area contributed by atoms with Gasteiger partial charge in [0.25, 0.3) is 0 Å². The summed E-state index contributed by atoms with van der Waals surface area (Å²) in [6, 6.07) is 4.68. The van der Waals surface area contributed by atoms with Gasteiger partial charge in [0.15, 0.2) is 0 Å². The van der Waals surface area contributed by atoms with Gasteiger partial charge in [0.1, 0.15) is 12.1 Å². The van der Waals surface area contributed by atoms with E-state index >= 15 is 0 Å². The second kappa shape index (κ2) is 5.77. The highest BCUT2D eigenvalue weighted by molar-refractivity contribution is 5.50. The van der Waals surface area contributed by atoms with Crippen molar-refractivity contribution in [2.24, 2.45) is 0 Å². The van der Waals surface area contributed by atoms with Crippen LogP contribution >= 0.6 is 0 Å². The molecule has 0 atom stereocenters. The fourth-order valence-electron chi connectivity index (χ4n) is 2.66. The molecule has 1 saturated heterocycles. The first kappa shape index (κ1) is 13.9. The topological polar surface area (TPSA) is 45.2 Å². The zero-order valence-corrected chi connectivity index (χ0v) is 12.8. The van der Waals surface area contributed by atoms with Gasteiger partial charge in [-0.3, -0.25) is 9.88 Å². The molecule has 110 valence electrons. The normalized spacial score (nSPS) is 15.3. The van der Waals surface area contributed by atoms with Crippen LogP contribution in [0.25, 0.3) is 0 Å². The first-order valence-electron chi connectivity index (χ1n) is 7.27. The summed E-state index contributed by atoms with van der Waals surface area (Å²) in [5, 5.41) is 0. The van der Waals surface area contributed by atoms with Crippen LogP contribution in [0.1, 0.15) is 16.8 Å². The van der Waals surface area contributed by atoms with E-state index in [9.17, 15) is 0 Å². The van der Waals surface area contributed by atoms with E-state index in [4.69, 9.17) is 0 Å². The van der Waals surface area contributed by atoms with Crippen LogP contribution in [0.4, 0.5) is 5.82 Å². The molecule has 0 aromatic carbocycles. The molecule has 2 aromatic rings. The standard InChI is InChI=1S/C16H21N5/c1-12-13(2)18-11-19-16(12)21-9-15(10-21)20(3)8-14-5-4-6-17-7-14/h4-7,11,15H,8-10H2,1-3H3. The van der Waals surface area contributed by atoms with Gasteiger partial charge in [0.2, 0.25) is 0 Å². The highest BCUT2D eigenvalue weighted by atomic mass is 15.3. The SMILES string of the molecule is Cc1ncnc(N2CC(N(C)Cc3cccnc3)C2)c1C. The van der Waals surface area contributed by atoms with Crippen LogP contribution in [0.3, 0.4) is 0 Å². The van der Waals surface area contributed by atoms with Crippen LogP contribution in [0.2, 0.25) is 0 Å². The molecule has 3 rings (SSSR count). The Morgan fingerprint density at radius 2 is 2.10 bits per heavy atom. The Hall–Kier alpha value is -2.01.